The first kappa shape index (κ1) is 20.9. The first-order valence-corrected chi connectivity index (χ1v) is 10.2. The average molecular weight is 410 g/mol. The molecule has 0 saturated heterocycles. The van der Waals surface area contributed by atoms with Crippen LogP contribution in [0, 0.1) is 26.6 Å². The number of halogens is 1. The lowest BCUT2D eigenvalue weighted by molar-refractivity contribution is -0.120. The summed E-state index contributed by atoms with van der Waals surface area (Å²) in [4.78, 5) is 13.4. The van der Waals surface area contributed by atoms with Crippen molar-refractivity contribution >= 4 is 23.9 Å². The highest BCUT2D eigenvalue weighted by Crippen LogP contribution is 2.24. The Morgan fingerprint density at radius 1 is 1.14 bits per heavy atom. The Hall–Kier alpha value is -2.86. The zero-order chi connectivity index (χ0) is 21.0. The summed E-state index contributed by atoms with van der Waals surface area (Å²) in [5.41, 5.74) is 6.85. The number of hydrogen-bond acceptors (Lipinski definition) is 3. The summed E-state index contributed by atoms with van der Waals surface area (Å²) >= 11 is 1.48. The number of nitrogens with one attached hydrogen (secondary N) is 1. The van der Waals surface area contributed by atoms with Crippen LogP contribution in [0.3, 0.4) is 0 Å². The van der Waals surface area contributed by atoms with Gasteiger partial charge in [0.1, 0.15) is 5.82 Å². The molecule has 0 spiro atoms. The van der Waals surface area contributed by atoms with Crippen LogP contribution in [0.4, 0.5) is 4.39 Å². The minimum atomic E-state index is -0.284. The SMILES string of the molecule is Cc1ccc(S[C@H](C)C(=O)N/N=C\c2cc(C)n(-c3ccccc3F)c2C)cc1. The molecule has 2 aromatic carbocycles. The van der Waals surface area contributed by atoms with Crippen molar-refractivity contribution in [3.63, 3.8) is 0 Å². The maximum atomic E-state index is 14.2. The van der Waals surface area contributed by atoms with Gasteiger partial charge in [-0.25, -0.2) is 9.82 Å². The Bertz CT molecular complexity index is 1040. The summed E-state index contributed by atoms with van der Waals surface area (Å²) in [6.45, 7) is 7.69. The van der Waals surface area contributed by atoms with Gasteiger partial charge in [0.25, 0.3) is 5.91 Å². The first-order valence-electron chi connectivity index (χ1n) is 9.37. The molecule has 1 amide bonds. The van der Waals surface area contributed by atoms with Crippen LogP contribution in [0.2, 0.25) is 0 Å². The Morgan fingerprint density at radius 3 is 2.52 bits per heavy atom. The number of benzene rings is 2. The summed E-state index contributed by atoms with van der Waals surface area (Å²) in [6, 6.07) is 16.6. The normalized spacial score (nSPS) is 12.3. The molecule has 1 atom stereocenters. The van der Waals surface area contributed by atoms with E-state index in [1.807, 2.05) is 62.6 Å². The number of para-hydroxylation sites is 1. The number of nitrogens with zero attached hydrogens (tertiary/aromatic N) is 2. The topological polar surface area (TPSA) is 46.4 Å². The molecule has 0 saturated carbocycles. The van der Waals surface area contributed by atoms with Gasteiger partial charge >= 0.3 is 0 Å². The Labute approximate surface area is 174 Å². The van der Waals surface area contributed by atoms with Crippen LogP contribution in [-0.2, 0) is 4.79 Å². The monoisotopic (exact) mass is 409 g/mol. The number of hydrogen-bond donors (Lipinski definition) is 1. The molecule has 150 valence electrons. The summed E-state index contributed by atoms with van der Waals surface area (Å²) < 4.78 is 16.0. The van der Waals surface area contributed by atoms with Crippen LogP contribution in [0.5, 0.6) is 0 Å². The number of aryl methyl sites for hydroxylation is 2. The number of hydrazone groups is 1. The second-order valence-corrected chi connectivity index (χ2v) is 8.33. The van der Waals surface area contributed by atoms with Gasteiger partial charge in [-0.15, -0.1) is 11.8 Å². The number of amides is 1. The van der Waals surface area contributed by atoms with E-state index in [-0.39, 0.29) is 17.0 Å². The van der Waals surface area contributed by atoms with Crippen molar-refractivity contribution in [2.45, 2.75) is 37.8 Å². The van der Waals surface area contributed by atoms with E-state index in [0.29, 0.717) is 5.69 Å². The zero-order valence-corrected chi connectivity index (χ0v) is 17.8. The van der Waals surface area contributed by atoms with Gasteiger partial charge in [-0.05, 0) is 58.0 Å². The van der Waals surface area contributed by atoms with Crippen LogP contribution in [-0.4, -0.2) is 21.9 Å². The molecule has 29 heavy (non-hydrogen) atoms. The third-order valence-electron chi connectivity index (χ3n) is 4.65. The summed E-state index contributed by atoms with van der Waals surface area (Å²) in [7, 11) is 0. The van der Waals surface area contributed by atoms with E-state index in [9.17, 15) is 9.18 Å². The highest BCUT2D eigenvalue weighted by atomic mass is 32.2. The Kier molecular flexibility index (Phi) is 6.54. The fourth-order valence-electron chi connectivity index (χ4n) is 3.05. The molecule has 0 aliphatic rings. The molecule has 3 aromatic rings. The molecule has 6 heteroatoms. The van der Waals surface area contributed by atoms with Gasteiger partial charge in [0.15, 0.2) is 0 Å². The molecule has 1 N–H and O–H groups in total. The molecule has 4 nitrogen and oxygen atoms in total. The van der Waals surface area contributed by atoms with Gasteiger partial charge < -0.3 is 4.57 Å². The minimum Gasteiger partial charge on any atom is -0.315 e. The third kappa shape index (κ3) is 4.95. The average Bonchev–Trinajstić information content (AvgIpc) is 2.97. The predicted molar refractivity (Wildman–Crippen MR) is 117 cm³/mol. The number of thioether (sulfide) groups is 1. The first-order chi connectivity index (χ1) is 13.9. The fourth-order valence-corrected chi connectivity index (χ4v) is 3.91. The number of rotatable bonds is 6. The van der Waals surface area contributed by atoms with Gasteiger partial charge in [-0.2, -0.15) is 5.10 Å². The largest absolute Gasteiger partial charge is 0.315 e. The molecule has 0 radical (unpaired) electrons. The van der Waals surface area contributed by atoms with Crippen LogP contribution < -0.4 is 5.43 Å². The van der Waals surface area contributed by atoms with Gasteiger partial charge in [0.05, 0.1) is 17.2 Å². The molecular formula is C23H24FN3OS. The lowest BCUT2D eigenvalue weighted by Crippen LogP contribution is -2.26. The van der Waals surface area contributed by atoms with Crippen LogP contribution in [0.15, 0.2) is 64.6 Å². The molecule has 1 heterocycles. The van der Waals surface area contributed by atoms with Crippen molar-refractivity contribution in [2.24, 2.45) is 5.10 Å². The van der Waals surface area contributed by atoms with Crippen LogP contribution >= 0.6 is 11.8 Å². The molecule has 0 aliphatic heterocycles. The van der Waals surface area contributed by atoms with E-state index in [1.165, 1.54) is 23.4 Å². The van der Waals surface area contributed by atoms with E-state index in [0.717, 1.165) is 21.8 Å². The summed E-state index contributed by atoms with van der Waals surface area (Å²) in [5.74, 6) is -0.456. The standard InChI is InChI=1S/C23H24FN3OS/c1-15-9-11-20(12-10-15)29-18(4)23(28)26-25-14-19-13-16(2)27(17(19)3)22-8-6-5-7-21(22)24/h5-14,18H,1-4H3,(H,26,28)/b25-14-/t18-/m1/s1. The predicted octanol–water partition coefficient (Wildman–Crippen LogP) is 5.17. The summed E-state index contributed by atoms with van der Waals surface area (Å²) in [6.07, 6.45) is 1.60. The van der Waals surface area contributed by atoms with Gasteiger partial charge in [-0.1, -0.05) is 29.8 Å². The van der Waals surface area contributed by atoms with E-state index >= 15 is 0 Å². The number of carbonyl (C=O) groups excluding carboxylic acids is 1. The van der Waals surface area contributed by atoms with Gasteiger partial charge in [-0.3, -0.25) is 4.79 Å². The maximum Gasteiger partial charge on any atom is 0.253 e. The number of aromatic nitrogens is 1. The van der Waals surface area contributed by atoms with E-state index < -0.39 is 0 Å². The van der Waals surface area contributed by atoms with Gasteiger partial charge in [0.2, 0.25) is 0 Å². The van der Waals surface area contributed by atoms with Crippen molar-refractivity contribution in [2.75, 3.05) is 0 Å². The third-order valence-corrected chi connectivity index (χ3v) is 5.76. The lowest BCUT2D eigenvalue weighted by Gasteiger charge is -2.10. The van der Waals surface area contributed by atoms with E-state index in [4.69, 9.17) is 0 Å². The van der Waals surface area contributed by atoms with E-state index in [1.54, 1.807) is 24.4 Å². The fraction of sp³-hybridized carbons (Fsp3) is 0.217. The van der Waals surface area contributed by atoms with Crippen molar-refractivity contribution in [3.8, 4) is 5.69 Å². The van der Waals surface area contributed by atoms with Gasteiger partial charge in [0, 0.05) is 21.8 Å². The van der Waals surface area contributed by atoms with Crippen LogP contribution in [0.1, 0.15) is 29.4 Å². The Balaban J connectivity index is 1.67. The van der Waals surface area contributed by atoms with Crippen molar-refractivity contribution in [1.82, 2.24) is 9.99 Å². The van der Waals surface area contributed by atoms with Crippen LogP contribution in [0.25, 0.3) is 5.69 Å². The highest BCUT2D eigenvalue weighted by Gasteiger charge is 2.15. The molecule has 3 rings (SSSR count). The second-order valence-electron chi connectivity index (χ2n) is 6.92. The quantitative estimate of drug-likeness (QED) is 0.347. The number of carbonyl (C=O) groups is 1. The van der Waals surface area contributed by atoms with Crippen molar-refractivity contribution in [1.29, 1.82) is 0 Å². The molecule has 0 unspecified atom stereocenters. The molecular weight excluding hydrogens is 385 g/mol. The summed E-state index contributed by atoms with van der Waals surface area (Å²) in [5, 5.41) is 3.83. The molecule has 1 aromatic heterocycles. The minimum absolute atomic E-state index is 0.172. The van der Waals surface area contributed by atoms with Crippen molar-refractivity contribution < 1.29 is 9.18 Å². The molecule has 0 aliphatic carbocycles. The second kappa shape index (κ2) is 9.09. The maximum absolute atomic E-state index is 14.2. The van der Waals surface area contributed by atoms with E-state index in [2.05, 4.69) is 10.5 Å². The lowest BCUT2D eigenvalue weighted by atomic mass is 10.2. The Morgan fingerprint density at radius 2 is 1.83 bits per heavy atom. The molecule has 0 fully saturated rings. The molecule has 0 bridgehead atoms. The smallest absolute Gasteiger partial charge is 0.253 e. The zero-order valence-electron chi connectivity index (χ0n) is 16.9. The van der Waals surface area contributed by atoms with Crippen molar-refractivity contribution in [3.05, 3.63) is 82.9 Å². The highest BCUT2D eigenvalue weighted by molar-refractivity contribution is 8.00.